The molecule has 0 radical (unpaired) electrons. The third kappa shape index (κ3) is 3.49. The van der Waals surface area contributed by atoms with E-state index in [9.17, 15) is 4.79 Å². The lowest BCUT2D eigenvalue weighted by atomic mass is 9.84. The molecule has 0 amide bonds. The minimum absolute atomic E-state index is 0.321. The number of hydrogen-bond donors (Lipinski definition) is 1. The SMILES string of the molecule is CC1(C)CCCN(C=CC(=O)O)C1. The zero-order valence-corrected chi connectivity index (χ0v) is 8.29. The average molecular weight is 183 g/mol. The van der Waals surface area contributed by atoms with Gasteiger partial charge in [-0.3, -0.25) is 0 Å². The molecule has 0 saturated carbocycles. The van der Waals surface area contributed by atoms with Gasteiger partial charge in [-0.15, -0.1) is 0 Å². The largest absolute Gasteiger partial charge is 0.478 e. The summed E-state index contributed by atoms with van der Waals surface area (Å²) in [5, 5.41) is 8.46. The van der Waals surface area contributed by atoms with Crippen molar-refractivity contribution in [2.75, 3.05) is 13.1 Å². The Morgan fingerprint density at radius 3 is 2.77 bits per heavy atom. The van der Waals surface area contributed by atoms with Crippen LogP contribution < -0.4 is 0 Å². The molecule has 1 aliphatic heterocycles. The summed E-state index contributed by atoms with van der Waals surface area (Å²) in [7, 11) is 0. The summed E-state index contributed by atoms with van der Waals surface area (Å²) >= 11 is 0. The number of carboxylic acids is 1. The molecule has 1 heterocycles. The van der Waals surface area contributed by atoms with Crippen molar-refractivity contribution in [3.8, 4) is 0 Å². The lowest BCUT2D eigenvalue weighted by Crippen LogP contribution is -2.36. The van der Waals surface area contributed by atoms with Crippen molar-refractivity contribution in [3.05, 3.63) is 12.3 Å². The molecule has 1 rings (SSSR count). The van der Waals surface area contributed by atoms with Crippen LogP contribution in [-0.4, -0.2) is 29.1 Å². The van der Waals surface area contributed by atoms with E-state index in [-0.39, 0.29) is 0 Å². The second-order valence-corrected chi connectivity index (χ2v) is 4.39. The predicted molar refractivity (Wildman–Crippen MR) is 51.4 cm³/mol. The Kier molecular flexibility index (Phi) is 2.96. The summed E-state index contributed by atoms with van der Waals surface area (Å²) in [4.78, 5) is 12.4. The van der Waals surface area contributed by atoms with Crippen LogP contribution in [0.25, 0.3) is 0 Å². The monoisotopic (exact) mass is 183 g/mol. The number of hydrogen-bond acceptors (Lipinski definition) is 2. The molecule has 0 spiro atoms. The van der Waals surface area contributed by atoms with Gasteiger partial charge in [0.25, 0.3) is 0 Å². The first-order valence-corrected chi connectivity index (χ1v) is 4.65. The third-order valence-corrected chi connectivity index (χ3v) is 2.36. The number of likely N-dealkylation sites (tertiary alicyclic amines) is 1. The van der Waals surface area contributed by atoms with Gasteiger partial charge in [-0.05, 0) is 18.3 Å². The Morgan fingerprint density at radius 2 is 2.23 bits per heavy atom. The van der Waals surface area contributed by atoms with E-state index in [0.29, 0.717) is 5.41 Å². The van der Waals surface area contributed by atoms with Gasteiger partial charge in [0.1, 0.15) is 0 Å². The molecule has 0 bridgehead atoms. The van der Waals surface area contributed by atoms with Gasteiger partial charge in [-0.2, -0.15) is 0 Å². The van der Waals surface area contributed by atoms with E-state index in [4.69, 9.17) is 5.11 Å². The van der Waals surface area contributed by atoms with Gasteiger partial charge >= 0.3 is 5.97 Å². The molecule has 74 valence electrons. The molecule has 0 aromatic rings. The van der Waals surface area contributed by atoms with E-state index in [0.717, 1.165) is 19.5 Å². The molecule has 0 aromatic carbocycles. The molecule has 1 N–H and O–H groups in total. The summed E-state index contributed by atoms with van der Waals surface area (Å²) in [6, 6.07) is 0. The zero-order chi connectivity index (χ0) is 9.90. The van der Waals surface area contributed by atoms with E-state index >= 15 is 0 Å². The highest BCUT2D eigenvalue weighted by atomic mass is 16.4. The van der Waals surface area contributed by atoms with Crippen LogP contribution in [0.1, 0.15) is 26.7 Å². The predicted octanol–water partition coefficient (Wildman–Crippen LogP) is 1.71. The molecule has 0 atom stereocenters. The lowest BCUT2D eigenvalue weighted by Gasteiger charge is -2.37. The van der Waals surface area contributed by atoms with Crippen molar-refractivity contribution < 1.29 is 9.90 Å². The second kappa shape index (κ2) is 3.81. The van der Waals surface area contributed by atoms with Crippen molar-refractivity contribution in [2.24, 2.45) is 5.41 Å². The molecule has 3 nitrogen and oxygen atoms in total. The highest BCUT2D eigenvalue weighted by Gasteiger charge is 2.24. The Bertz CT molecular complexity index is 221. The van der Waals surface area contributed by atoms with Crippen LogP contribution in [0.3, 0.4) is 0 Å². The van der Waals surface area contributed by atoms with Crippen molar-refractivity contribution in [1.29, 1.82) is 0 Å². The summed E-state index contributed by atoms with van der Waals surface area (Å²) in [5.74, 6) is -0.872. The summed E-state index contributed by atoms with van der Waals surface area (Å²) < 4.78 is 0. The van der Waals surface area contributed by atoms with Crippen molar-refractivity contribution >= 4 is 5.97 Å². The maximum atomic E-state index is 10.3. The van der Waals surface area contributed by atoms with Gasteiger partial charge in [0.15, 0.2) is 0 Å². The van der Waals surface area contributed by atoms with Crippen LogP contribution in [0, 0.1) is 5.41 Å². The van der Waals surface area contributed by atoms with Crippen molar-refractivity contribution in [2.45, 2.75) is 26.7 Å². The van der Waals surface area contributed by atoms with E-state index < -0.39 is 5.97 Å². The molecule has 1 aliphatic rings. The van der Waals surface area contributed by atoms with Crippen LogP contribution in [-0.2, 0) is 4.79 Å². The van der Waals surface area contributed by atoms with E-state index in [1.807, 2.05) is 0 Å². The fraction of sp³-hybridized carbons (Fsp3) is 0.700. The molecule has 1 fully saturated rings. The molecule has 0 aromatic heterocycles. The smallest absolute Gasteiger partial charge is 0.329 e. The van der Waals surface area contributed by atoms with E-state index in [1.165, 1.54) is 12.5 Å². The highest BCUT2D eigenvalue weighted by Crippen LogP contribution is 2.28. The lowest BCUT2D eigenvalue weighted by molar-refractivity contribution is -0.131. The minimum atomic E-state index is -0.872. The standard InChI is InChI=1S/C10H17NO2/c1-10(2)5-3-6-11(8-10)7-4-9(12)13/h4,7H,3,5-6,8H2,1-2H3,(H,12,13). The van der Waals surface area contributed by atoms with Crippen molar-refractivity contribution in [3.63, 3.8) is 0 Å². The first kappa shape index (κ1) is 10.1. The maximum absolute atomic E-state index is 10.3. The van der Waals surface area contributed by atoms with Gasteiger partial charge in [-0.1, -0.05) is 13.8 Å². The minimum Gasteiger partial charge on any atom is -0.478 e. The van der Waals surface area contributed by atoms with Gasteiger partial charge in [0.2, 0.25) is 0 Å². The number of nitrogens with zero attached hydrogens (tertiary/aromatic N) is 1. The molecule has 0 unspecified atom stereocenters. The Hall–Kier alpha value is -0.990. The topological polar surface area (TPSA) is 40.5 Å². The quantitative estimate of drug-likeness (QED) is 0.662. The van der Waals surface area contributed by atoms with Gasteiger partial charge < -0.3 is 10.0 Å². The number of piperidine rings is 1. The fourth-order valence-corrected chi connectivity index (χ4v) is 1.77. The van der Waals surface area contributed by atoms with E-state index in [1.54, 1.807) is 6.20 Å². The van der Waals surface area contributed by atoms with Crippen molar-refractivity contribution in [1.82, 2.24) is 4.90 Å². The maximum Gasteiger partial charge on any atom is 0.329 e. The second-order valence-electron chi connectivity index (χ2n) is 4.39. The zero-order valence-electron chi connectivity index (χ0n) is 8.29. The van der Waals surface area contributed by atoms with Crippen LogP contribution in [0.5, 0.6) is 0 Å². The Morgan fingerprint density at radius 1 is 1.54 bits per heavy atom. The molecule has 0 aliphatic carbocycles. The average Bonchev–Trinajstić information content (AvgIpc) is 1.99. The van der Waals surface area contributed by atoms with Crippen LogP contribution in [0.2, 0.25) is 0 Å². The number of carbonyl (C=O) groups is 1. The van der Waals surface area contributed by atoms with Gasteiger partial charge in [0, 0.05) is 25.4 Å². The Balaban J connectivity index is 2.48. The number of rotatable bonds is 2. The van der Waals surface area contributed by atoms with Crippen LogP contribution >= 0.6 is 0 Å². The fourth-order valence-electron chi connectivity index (χ4n) is 1.77. The third-order valence-electron chi connectivity index (χ3n) is 2.36. The number of aliphatic carboxylic acids is 1. The normalized spacial score (nSPS) is 22.2. The Labute approximate surface area is 79.0 Å². The summed E-state index contributed by atoms with van der Waals surface area (Å²) in [6.45, 7) is 6.37. The molecule has 1 saturated heterocycles. The molecular formula is C10H17NO2. The molecule has 13 heavy (non-hydrogen) atoms. The van der Waals surface area contributed by atoms with Crippen LogP contribution in [0.15, 0.2) is 12.3 Å². The molecule has 3 heteroatoms. The van der Waals surface area contributed by atoms with Gasteiger partial charge in [-0.25, -0.2) is 4.79 Å². The summed E-state index contributed by atoms with van der Waals surface area (Å²) in [6.07, 6.45) is 5.27. The van der Waals surface area contributed by atoms with E-state index in [2.05, 4.69) is 18.7 Å². The van der Waals surface area contributed by atoms with Crippen LogP contribution in [0.4, 0.5) is 0 Å². The molecular weight excluding hydrogens is 166 g/mol. The first-order valence-electron chi connectivity index (χ1n) is 4.65. The van der Waals surface area contributed by atoms with Gasteiger partial charge in [0.05, 0.1) is 0 Å². The first-order chi connectivity index (χ1) is 5.99. The summed E-state index contributed by atoms with van der Waals surface area (Å²) in [5.41, 5.74) is 0.321. The number of carboxylic acid groups (broad SMARTS) is 1. The highest BCUT2D eigenvalue weighted by molar-refractivity contribution is 5.79.